The predicted molar refractivity (Wildman–Crippen MR) is 255 cm³/mol. The number of aromatic nitrogens is 7. The van der Waals surface area contributed by atoms with Gasteiger partial charge in [0.15, 0.2) is 0 Å². The van der Waals surface area contributed by atoms with Crippen molar-refractivity contribution in [3.05, 3.63) is 211 Å². The van der Waals surface area contributed by atoms with Gasteiger partial charge in [-0.1, -0.05) is 121 Å². The van der Waals surface area contributed by atoms with Crippen molar-refractivity contribution in [2.75, 3.05) is 0 Å². The summed E-state index contributed by atoms with van der Waals surface area (Å²) in [4.78, 5) is 36.1. The molecule has 0 saturated heterocycles. The minimum atomic E-state index is 0.632. The van der Waals surface area contributed by atoms with Crippen molar-refractivity contribution in [1.82, 2.24) is 34.9 Å². The van der Waals surface area contributed by atoms with Gasteiger partial charge in [-0.05, 0) is 102 Å². The lowest BCUT2D eigenvalue weighted by atomic mass is 9.98. The molecule has 0 N–H and O–H groups in total. The van der Waals surface area contributed by atoms with Crippen molar-refractivity contribution in [3.8, 4) is 67.7 Å². The molecular formula is C56H39N7. The van der Waals surface area contributed by atoms with Gasteiger partial charge in [-0.15, -0.1) is 0 Å². The molecule has 0 unspecified atom stereocenters. The fraction of sp³-hybridized carbons (Fsp3) is 0.0536. The molecule has 0 saturated carbocycles. The van der Waals surface area contributed by atoms with E-state index in [0.29, 0.717) is 29.2 Å². The van der Waals surface area contributed by atoms with Crippen LogP contribution < -0.4 is 0 Å². The molecule has 0 fully saturated rings. The first kappa shape index (κ1) is 37.7. The Morgan fingerprint density at radius 1 is 0.349 bits per heavy atom. The quantitative estimate of drug-likeness (QED) is 0.151. The first-order valence-electron chi connectivity index (χ1n) is 21.1. The lowest BCUT2D eigenvalue weighted by Gasteiger charge is -2.13. The molecule has 63 heavy (non-hydrogen) atoms. The number of nitrogens with zero attached hydrogens (tertiary/aromatic N) is 7. The first-order chi connectivity index (χ1) is 31.0. The Morgan fingerprint density at radius 2 is 0.937 bits per heavy atom. The van der Waals surface area contributed by atoms with E-state index in [1.165, 1.54) is 11.1 Å². The van der Waals surface area contributed by atoms with Crippen molar-refractivity contribution in [1.29, 1.82) is 0 Å². The summed E-state index contributed by atoms with van der Waals surface area (Å²) in [5.74, 6) is 0. The number of pyridine rings is 3. The van der Waals surface area contributed by atoms with E-state index >= 15 is 0 Å². The molecule has 11 rings (SSSR count). The second-order valence-electron chi connectivity index (χ2n) is 16.0. The predicted octanol–water partition coefficient (Wildman–Crippen LogP) is 13.1. The Labute approximate surface area is 365 Å². The molecule has 7 heteroatoms. The monoisotopic (exact) mass is 809 g/mol. The maximum atomic E-state index is 5.26. The fourth-order valence-corrected chi connectivity index (χ4v) is 8.29. The van der Waals surface area contributed by atoms with Gasteiger partial charge in [0.25, 0.3) is 0 Å². The van der Waals surface area contributed by atoms with Crippen LogP contribution in [0.3, 0.4) is 0 Å². The zero-order chi connectivity index (χ0) is 42.3. The van der Waals surface area contributed by atoms with Gasteiger partial charge >= 0.3 is 0 Å². The largest absolute Gasteiger partial charge is 0.254 e. The Balaban J connectivity index is 0.967. The van der Waals surface area contributed by atoms with Gasteiger partial charge in [0, 0.05) is 40.4 Å². The summed E-state index contributed by atoms with van der Waals surface area (Å²) >= 11 is 0. The minimum absolute atomic E-state index is 0.632. The molecule has 0 bridgehead atoms. The molecular weight excluding hydrogens is 771 g/mol. The molecule has 0 amide bonds. The number of benzene rings is 6. The molecule has 0 radical (unpaired) electrons. The van der Waals surface area contributed by atoms with Crippen LogP contribution in [-0.4, -0.2) is 34.9 Å². The molecule has 5 aromatic heterocycles. The van der Waals surface area contributed by atoms with E-state index in [9.17, 15) is 0 Å². The standard InChI is InChI=1S/C56H39N7/c1-35-23-26-47-51(29-35)62-54(53(60-47)39-15-7-4-8-16-39)41-18-11-17-40(32-41)45-21-12-22-50(59-45)56-55(63-52-30-36(2)24-27-48(52)61-56)49-28-25-37(34-57-49)31-42-33-44(38-13-5-3-6-14-38)43-19-9-10-20-46(43)58-42/h3-30,32-34H,31H2,1-2H3. The molecule has 6 aromatic carbocycles. The van der Waals surface area contributed by atoms with Crippen molar-refractivity contribution in [2.24, 2.45) is 0 Å². The average Bonchev–Trinajstić information content (AvgIpc) is 3.34. The van der Waals surface area contributed by atoms with E-state index < -0.39 is 0 Å². The third-order valence-corrected chi connectivity index (χ3v) is 11.4. The summed E-state index contributed by atoms with van der Waals surface area (Å²) in [6.45, 7) is 4.15. The second kappa shape index (κ2) is 16.0. The number of fused-ring (bicyclic) bond motifs is 3. The Kier molecular flexibility index (Phi) is 9.55. The highest BCUT2D eigenvalue weighted by atomic mass is 14.9. The molecule has 0 aliphatic rings. The van der Waals surface area contributed by atoms with Crippen LogP contribution in [0.2, 0.25) is 0 Å². The summed E-state index contributed by atoms with van der Waals surface area (Å²) in [5.41, 5.74) is 19.0. The van der Waals surface area contributed by atoms with Crippen LogP contribution in [0.4, 0.5) is 0 Å². The highest BCUT2D eigenvalue weighted by Crippen LogP contribution is 2.36. The van der Waals surface area contributed by atoms with Crippen molar-refractivity contribution < 1.29 is 0 Å². The summed E-state index contributed by atoms with van der Waals surface area (Å²) < 4.78 is 0. The van der Waals surface area contributed by atoms with E-state index in [1.807, 2.05) is 72.9 Å². The molecule has 11 aromatic rings. The fourth-order valence-electron chi connectivity index (χ4n) is 8.29. The van der Waals surface area contributed by atoms with E-state index in [1.54, 1.807) is 0 Å². The summed E-state index contributed by atoms with van der Waals surface area (Å²) in [7, 11) is 0. The Morgan fingerprint density at radius 3 is 1.68 bits per heavy atom. The van der Waals surface area contributed by atoms with Gasteiger partial charge in [0.05, 0.1) is 56.1 Å². The molecule has 5 heterocycles. The van der Waals surface area contributed by atoms with Crippen molar-refractivity contribution >= 4 is 33.0 Å². The SMILES string of the molecule is Cc1ccc2nc(-c3ccccc3)c(-c3cccc(-c4cccc(-c5nc6ccc(C)cc6nc5-c5ccc(Cc6cc(-c7ccccc7)c7ccccc7n6)cn5)n4)c3)nc2c1. The number of rotatable bonds is 8. The van der Waals surface area contributed by atoms with Crippen molar-refractivity contribution in [2.45, 2.75) is 20.3 Å². The maximum absolute atomic E-state index is 5.26. The smallest absolute Gasteiger partial charge is 0.117 e. The van der Waals surface area contributed by atoms with Crippen LogP contribution in [-0.2, 0) is 6.42 Å². The van der Waals surface area contributed by atoms with Gasteiger partial charge in [-0.25, -0.2) is 24.9 Å². The van der Waals surface area contributed by atoms with Crippen LogP contribution in [0.1, 0.15) is 22.4 Å². The number of aryl methyl sites for hydroxylation is 2. The van der Waals surface area contributed by atoms with Gasteiger partial charge in [-0.2, -0.15) is 0 Å². The topological polar surface area (TPSA) is 90.2 Å². The molecule has 0 aliphatic heterocycles. The molecule has 0 aliphatic carbocycles. The highest BCUT2D eigenvalue weighted by Gasteiger charge is 2.19. The average molecular weight is 810 g/mol. The number of para-hydroxylation sites is 1. The van der Waals surface area contributed by atoms with Gasteiger partial charge in [0.2, 0.25) is 0 Å². The number of hydrogen-bond acceptors (Lipinski definition) is 7. The zero-order valence-electron chi connectivity index (χ0n) is 34.7. The minimum Gasteiger partial charge on any atom is -0.254 e. The Bertz CT molecular complexity index is 3500. The second-order valence-corrected chi connectivity index (χ2v) is 16.0. The lowest BCUT2D eigenvalue weighted by Crippen LogP contribution is -2.00. The third-order valence-electron chi connectivity index (χ3n) is 11.4. The summed E-state index contributed by atoms with van der Waals surface area (Å²) in [6, 6.07) is 62.2. The molecule has 298 valence electrons. The van der Waals surface area contributed by atoms with Gasteiger partial charge in [0.1, 0.15) is 11.4 Å². The Hall–Kier alpha value is -8.29. The third kappa shape index (κ3) is 7.46. The normalized spacial score (nSPS) is 11.4. The summed E-state index contributed by atoms with van der Waals surface area (Å²) in [5, 5.41) is 1.13. The van der Waals surface area contributed by atoms with Gasteiger partial charge < -0.3 is 0 Å². The van der Waals surface area contributed by atoms with Crippen LogP contribution in [0.15, 0.2) is 188 Å². The summed E-state index contributed by atoms with van der Waals surface area (Å²) in [6.07, 6.45) is 2.56. The molecule has 7 nitrogen and oxygen atoms in total. The van der Waals surface area contributed by atoms with Gasteiger partial charge in [-0.3, -0.25) is 9.97 Å². The molecule has 0 spiro atoms. The van der Waals surface area contributed by atoms with Crippen LogP contribution in [0.5, 0.6) is 0 Å². The van der Waals surface area contributed by atoms with Crippen molar-refractivity contribution in [3.63, 3.8) is 0 Å². The lowest BCUT2D eigenvalue weighted by molar-refractivity contribution is 1.08. The van der Waals surface area contributed by atoms with E-state index in [4.69, 9.17) is 34.9 Å². The van der Waals surface area contributed by atoms with Crippen LogP contribution in [0, 0.1) is 13.8 Å². The first-order valence-corrected chi connectivity index (χ1v) is 21.1. The molecule has 0 atom stereocenters. The van der Waals surface area contributed by atoms with E-state index in [2.05, 4.69) is 129 Å². The zero-order valence-corrected chi connectivity index (χ0v) is 34.7. The van der Waals surface area contributed by atoms with Crippen LogP contribution in [0.25, 0.3) is 101 Å². The highest BCUT2D eigenvalue weighted by molar-refractivity contribution is 5.95. The van der Waals surface area contributed by atoms with E-state index in [0.717, 1.165) is 89.1 Å². The van der Waals surface area contributed by atoms with Crippen LogP contribution >= 0.6 is 0 Å². The van der Waals surface area contributed by atoms with E-state index in [-0.39, 0.29) is 0 Å². The number of hydrogen-bond donors (Lipinski definition) is 0. The maximum Gasteiger partial charge on any atom is 0.117 e.